The number of anilines is 1. The normalized spacial score (nSPS) is 12.3. The summed E-state index contributed by atoms with van der Waals surface area (Å²) in [5.41, 5.74) is -2.49. The lowest BCUT2D eigenvalue weighted by Crippen LogP contribution is -2.47. The van der Waals surface area contributed by atoms with Crippen LogP contribution >= 0.6 is 11.6 Å². The average molecular weight is 644 g/mol. The van der Waals surface area contributed by atoms with E-state index in [1.165, 1.54) is 0 Å². The molecule has 1 aromatic rings. The van der Waals surface area contributed by atoms with Gasteiger partial charge < -0.3 is 19.9 Å². The Morgan fingerprint density at radius 3 is 1.61 bits per heavy atom. The maximum absolute atomic E-state index is 12.9. The monoisotopic (exact) mass is 643 g/mol. The molecule has 0 aromatic heterocycles. The van der Waals surface area contributed by atoms with Crippen molar-refractivity contribution in [3.8, 4) is 0 Å². The number of carboxylic acid groups (broad SMARTS) is 1. The van der Waals surface area contributed by atoms with E-state index in [0.717, 1.165) is 15.9 Å². The Bertz CT molecular complexity index is 1400. The number of amides is 3. The lowest BCUT2D eigenvalue weighted by molar-refractivity contribution is -0.138. The van der Waals surface area contributed by atoms with E-state index in [2.05, 4.69) is 5.32 Å². The van der Waals surface area contributed by atoms with Crippen LogP contribution in [0.1, 0.15) is 41.5 Å². The maximum Gasteiger partial charge on any atom is 0.410 e. The van der Waals surface area contributed by atoms with Gasteiger partial charge in [0.1, 0.15) is 34.1 Å². The molecular weight excluding hydrogens is 610 g/mol. The van der Waals surface area contributed by atoms with Crippen LogP contribution in [0.15, 0.2) is 21.9 Å². The Balaban J connectivity index is 3.34. The minimum Gasteiger partial charge on any atom is -0.480 e. The van der Waals surface area contributed by atoms with Gasteiger partial charge in [-0.1, -0.05) is 11.6 Å². The fourth-order valence-corrected chi connectivity index (χ4v) is 4.85. The zero-order chi connectivity index (χ0) is 32.1. The Morgan fingerprint density at radius 2 is 1.24 bits per heavy atom. The number of sulfonamides is 2. The van der Waals surface area contributed by atoms with Gasteiger partial charge in [0, 0.05) is 13.1 Å². The number of aliphatic carboxylic acids is 1. The second-order valence-electron chi connectivity index (χ2n) is 10.6. The number of rotatable bonds is 10. The summed E-state index contributed by atoms with van der Waals surface area (Å²) >= 11 is 5.92. The molecule has 0 aliphatic carbocycles. The minimum absolute atomic E-state index is 0.398. The second-order valence-corrected chi connectivity index (χ2v) is 14.1. The molecule has 3 amide bonds. The first kappa shape index (κ1) is 35.8. The minimum atomic E-state index is -4.62. The molecule has 6 N–H and O–H groups in total. The van der Waals surface area contributed by atoms with Gasteiger partial charge in [-0.25, -0.2) is 36.7 Å². The number of carbonyl (C=O) groups excluding carboxylic acids is 3. The summed E-state index contributed by atoms with van der Waals surface area (Å²) in [6, 6.07) is 1.37. The van der Waals surface area contributed by atoms with Crippen LogP contribution in [-0.4, -0.2) is 93.2 Å². The van der Waals surface area contributed by atoms with Crippen LogP contribution in [-0.2, 0) is 39.1 Å². The highest BCUT2D eigenvalue weighted by Crippen LogP contribution is 2.30. The number of ether oxygens (including phenoxy) is 2. The zero-order valence-corrected chi connectivity index (χ0v) is 25.6. The van der Waals surface area contributed by atoms with Gasteiger partial charge in [-0.15, -0.1) is 0 Å². The molecule has 0 radical (unpaired) electrons. The van der Waals surface area contributed by atoms with E-state index in [4.69, 9.17) is 31.4 Å². The van der Waals surface area contributed by atoms with E-state index in [-0.39, 0.29) is 0 Å². The summed E-state index contributed by atoms with van der Waals surface area (Å²) in [5.74, 6) is -2.38. The SMILES string of the molecule is CC(C)(C)OC(=O)N(CCN(CC(=O)Nc1cc(Cl)c(S(N)(=O)=O)cc1S(N)(=O)=O)C(=O)OC(C)(C)C)CC(=O)O. The Hall–Kier alpha value is -3.19. The third-order valence-electron chi connectivity index (χ3n) is 4.53. The van der Waals surface area contributed by atoms with Gasteiger partial charge in [-0.05, 0) is 53.7 Å². The van der Waals surface area contributed by atoms with Gasteiger partial charge >= 0.3 is 18.2 Å². The van der Waals surface area contributed by atoms with Crippen molar-refractivity contribution in [2.45, 2.75) is 62.5 Å². The fourth-order valence-electron chi connectivity index (χ4n) is 2.98. The molecule has 0 unspecified atom stereocenters. The van der Waals surface area contributed by atoms with Crippen LogP contribution in [0.2, 0.25) is 5.02 Å². The van der Waals surface area contributed by atoms with Crippen molar-refractivity contribution < 1.29 is 50.6 Å². The van der Waals surface area contributed by atoms with Crippen LogP contribution < -0.4 is 15.6 Å². The number of hydrogen-bond donors (Lipinski definition) is 4. The summed E-state index contributed by atoms with van der Waals surface area (Å²) < 4.78 is 58.2. The first-order chi connectivity index (χ1) is 18.3. The number of carboxylic acids is 1. The molecule has 1 aromatic carbocycles. The highest BCUT2D eigenvalue weighted by molar-refractivity contribution is 7.90. The highest BCUT2D eigenvalue weighted by atomic mass is 35.5. The Kier molecular flexibility index (Phi) is 11.5. The fraction of sp³-hybridized carbons (Fsp3) is 0.545. The molecule has 41 heavy (non-hydrogen) atoms. The van der Waals surface area contributed by atoms with E-state index in [9.17, 15) is 41.1 Å². The standard InChI is InChI=1S/C22H34ClN5O11S2/c1-21(2,3)38-19(32)27(7-8-28(12-18(30)31)20(33)39-22(4,5)6)11-17(29)26-14-9-13(23)15(40(24,34)35)10-16(14)41(25,36)37/h9-10H,7-8,11-12H2,1-6H3,(H,26,29)(H,30,31)(H2,24,34,35)(H2,25,36,37). The number of benzene rings is 1. The predicted molar refractivity (Wildman–Crippen MR) is 146 cm³/mol. The van der Waals surface area contributed by atoms with E-state index >= 15 is 0 Å². The van der Waals surface area contributed by atoms with Crippen LogP contribution in [0.3, 0.4) is 0 Å². The van der Waals surface area contributed by atoms with Crippen molar-refractivity contribution in [3.63, 3.8) is 0 Å². The highest BCUT2D eigenvalue weighted by Gasteiger charge is 2.29. The molecule has 0 fully saturated rings. The third-order valence-corrected chi connectivity index (χ3v) is 6.85. The van der Waals surface area contributed by atoms with E-state index < -0.39 is 102 Å². The molecule has 0 saturated carbocycles. The first-order valence-electron chi connectivity index (χ1n) is 11.7. The number of nitrogens with one attached hydrogen (secondary N) is 1. The van der Waals surface area contributed by atoms with E-state index in [1.54, 1.807) is 41.5 Å². The third kappa shape index (κ3) is 12.5. The molecule has 0 saturated heterocycles. The summed E-state index contributed by atoms with van der Waals surface area (Å²) in [7, 11) is -9.09. The van der Waals surface area contributed by atoms with Crippen molar-refractivity contribution in [2.75, 3.05) is 31.5 Å². The van der Waals surface area contributed by atoms with Crippen LogP contribution in [0.25, 0.3) is 0 Å². The van der Waals surface area contributed by atoms with Gasteiger partial charge in [-0.3, -0.25) is 19.4 Å². The number of halogens is 1. The molecular formula is C22H34ClN5O11S2. The predicted octanol–water partition coefficient (Wildman–Crippen LogP) is 1.13. The van der Waals surface area contributed by atoms with Gasteiger partial charge in [0.2, 0.25) is 26.0 Å². The van der Waals surface area contributed by atoms with E-state index in [0.29, 0.717) is 6.07 Å². The van der Waals surface area contributed by atoms with Crippen LogP contribution in [0.4, 0.5) is 15.3 Å². The summed E-state index contributed by atoms with van der Waals surface area (Å²) in [5, 5.41) is 21.1. The summed E-state index contributed by atoms with van der Waals surface area (Å²) in [4.78, 5) is 49.7. The second kappa shape index (κ2) is 13.2. The van der Waals surface area contributed by atoms with Crippen molar-refractivity contribution in [1.29, 1.82) is 0 Å². The van der Waals surface area contributed by atoms with Crippen molar-refractivity contribution >= 4 is 61.4 Å². The van der Waals surface area contributed by atoms with Gasteiger partial charge in [0.05, 0.1) is 10.7 Å². The molecule has 0 aliphatic rings. The van der Waals surface area contributed by atoms with Crippen LogP contribution in [0.5, 0.6) is 0 Å². The molecule has 0 aliphatic heterocycles. The molecule has 1 rings (SSSR count). The summed E-state index contributed by atoms with van der Waals surface area (Å²) in [6.07, 6.45) is -2.02. The van der Waals surface area contributed by atoms with Gasteiger partial charge in [0.15, 0.2) is 0 Å². The average Bonchev–Trinajstić information content (AvgIpc) is 2.70. The van der Waals surface area contributed by atoms with Crippen molar-refractivity contribution in [2.24, 2.45) is 10.3 Å². The lowest BCUT2D eigenvalue weighted by Gasteiger charge is -2.30. The lowest BCUT2D eigenvalue weighted by atomic mass is 10.2. The number of nitrogens with two attached hydrogens (primary N) is 2. The Morgan fingerprint density at radius 1 is 0.829 bits per heavy atom. The number of primary sulfonamides is 2. The smallest absolute Gasteiger partial charge is 0.410 e. The van der Waals surface area contributed by atoms with Crippen molar-refractivity contribution in [3.05, 3.63) is 17.2 Å². The van der Waals surface area contributed by atoms with Gasteiger partial charge in [-0.2, -0.15) is 0 Å². The van der Waals surface area contributed by atoms with E-state index in [1.807, 2.05) is 0 Å². The zero-order valence-electron chi connectivity index (χ0n) is 23.3. The van der Waals surface area contributed by atoms with Crippen molar-refractivity contribution in [1.82, 2.24) is 9.80 Å². The topological polar surface area (TPSA) is 246 Å². The molecule has 232 valence electrons. The maximum atomic E-state index is 12.9. The molecule has 0 heterocycles. The first-order valence-corrected chi connectivity index (χ1v) is 15.1. The number of carbonyl (C=O) groups is 4. The molecule has 16 nitrogen and oxygen atoms in total. The molecule has 0 bridgehead atoms. The molecule has 0 spiro atoms. The largest absolute Gasteiger partial charge is 0.480 e. The van der Waals surface area contributed by atoms with Crippen LogP contribution in [0, 0.1) is 0 Å². The number of hydrogen-bond acceptors (Lipinski definition) is 10. The Labute approximate surface area is 243 Å². The number of nitrogens with zero attached hydrogens (tertiary/aromatic N) is 2. The quantitative estimate of drug-likeness (QED) is 0.281. The van der Waals surface area contributed by atoms with Gasteiger partial charge in [0.25, 0.3) is 0 Å². The molecule has 19 heteroatoms. The summed E-state index contributed by atoms with van der Waals surface area (Å²) in [6.45, 7) is 6.97. The molecule has 0 atom stereocenters.